The number of fused-ring (bicyclic) bond motifs is 1. The topological polar surface area (TPSA) is 58.9 Å². The van der Waals surface area contributed by atoms with Crippen molar-refractivity contribution in [1.82, 2.24) is 0 Å². The number of aliphatic hydroxyl groups is 2. The van der Waals surface area contributed by atoms with Crippen molar-refractivity contribution in [1.29, 1.82) is 0 Å². The Morgan fingerprint density at radius 2 is 1.46 bits per heavy atom. The normalized spacial score (nSPS) is 16.8. The highest BCUT2D eigenvalue weighted by atomic mass is 32.2. The molecule has 0 aliphatic carbocycles. The van der Waals surface area contributed by atoms with Crippen molar-refractivity contribution in [3.05, 3.63) is 36.4 Å². The number of hydrogen-bond acceptors (Lipinski definition) is 6. The number of thioether (sulfide) groups is 2. The third-order valence-corrected chi connectivity index (χ3v) is 5.21. The number of hydrogen-bond donors (Lipinski definition) is 2. The Morgan fingerprint density at radius 3 is 2.08 bits per heavy atom. The van der Waals surface area contributed by atoms with Gasteiger partial charge in [-0.2, -0.15) is 0 Å². The van der Waals surface area contributed by atoms with Crippen LogP contribution < -0.4 is 0 Å². The number of benzene rings is 2. The van der Waals surface area contributed by atoms with Gasteiger partial charge in [0.05, 0.1) is 0 Å². The minimum absolute atomic E-state index is 0.125. The Balaban J connectivity index is 2.16. The lowest BCUT2D eigenvalue weighted by Crippen LogP contribution is -2.13. The molecule has 2 N–H and O–H groups in total. The predicted molar refractivity (Wildman–Crippen MR) is 100 cm³/mol. The molecule has 2 aromatic rings. The Kier molecular flexibility index (Phi) is 7.40. The lowest BCUT2D eigenvalue weighted by Gasteiger charge is -2.17. The lowest BCUT2D eigenvalue weighted by atomic mass is 10.1. The van der Waals surface area contributed by atoms with Gasteiger partial charge < -0.3 is 19.7 Å². The molecule has 132 valence electrons. The molecule has 0 bridgehead atoms. The van der Waals surface area contributed by atoms with Crippen LogP contribution in [0.4, 0.5) is 0 Å². The zero-order valence-electron chi connectivity index (χ0n) is 14.3. The molecule has 2 aromatic carbocycles. The second-order valence-electron chi connectivity index (χ2n) is 5.48. The second-order valence-corrected chi connectivity index (χ2v) is 8.19. The van der Waals surface area contributed by atoms with Gasteiger partial charge in [-0.05, 0) is 56.7 Å². The van der Waals surface area contributed by atoms with Gasteiger partial charge in [-0.25, -0.2) is 0 Å². The van der Waals surface area contributed by atoms with E-state index in [1.165, 1.54) is 0 Å². The number of rotatable bonds is 8. The third-order valence-electron chi connectivity index (χ3n) is 3.18. The summed E-state index contributed by atoms with van der Waals surface area (Å²) in [6.45, 7) is 7.07. The summed E-state index contributed by atoms with van der Waals surface area (Å²) in [6.07, 6.45) is -1.55. The van der Waals surface area contributed by atoms with Gasteiger partial charge in [0.25, 0.3) is 0 Å². The Morgan fingerprint density at radius 1 is 0.833 bits per heavy atom. The first-order valence-electron chi connectivity index (χ1n) is 7.88. The van der Waals surface area contributed by atoms with Gasteiger partial charge >= 0.3 is 0 Å². The minimum Gasteiger partial charge on any atom is -0.368 e. The lowest BCUT2D eigenvalue weighted by molar-refractivity contribution is -0.0917. The fourth-order valence-electron chi connectivity index (χ4n) is 2.39. The van der Waals surface area contributed by atoms with Crippen molar-refractivity contribution >= 4 is 34.3 Å². The fourth-order valence-corrected chi connectivity index (χ4v) is 4.37. The molecule has 0 radical (unpaired) electrons. The van der Waals surface area contributed by atoms with E-state index in [0.29, 0.717) is 0 Å². The van der Waals surface area contributed by atoms with Crippen LogP contribution in [0.3, 0.4) is 0 Å². The molecular formula is C18H24O4S2. The van der Waals surface area contributed by atoms with Crippen molar-refractivity contribution in [3.8, 4) is 0 Å². The van der Waals surface area contributed by atoms with E-state index in [-0.39, 0.29) is 10.9 Å². The first-order valence-corrected chi connectivity index (χ1v) is 9.64. The quantitative estimate of drug-likeness (QED) is 0.531. The molecule has 0 saturated carbocycles. The maximum Gasteiger partial charge on any atom is 0.153 e. The summed E-state index contributed by atoms with van der Waals surface area (Å²) in [4.78, 5) is 2.21. The van der Waals surface area contributed by atoms with Crippen molar-refractivity contribution in [2.45, 2.75) is 60.9 Å². The molecule has 6 heteroatoms. The molecule has 0 fully saturated rings. The van der Waals surface area contributed by atoms with E-state index >= 15 is 0 Å². The largest absolute Gasteiger partial charge is 0.368 e. The predicted octanol–water partition coefficient (Wildman–Crippen LogP) is 4.43. The van der Waals surface area contributed by atoms with Gasteiger partial charge in [0.1, 0.15) is 10.9 Å². The first-order chi connectivity index (χ1) is 11.3. The Labute approximate surface area is 151 Å². The molecule has 4 atom stereocenters. The van der Waals surface area contributed by atoms with Crippen LogP contribution in [0.25, 0.3) is 10.8 Å². The average molecular weight is 369 g/mol. The van der Waals surface area contributed by atoms with Crippen molar-refractivity contribution in [2.75, 3.05) is 0 Å². The molecule has 0 spiro atoms. The van der Waals surface area contributed by atoms with Gasteiger partial charge in [-0.1, -0.05) is 41.7 Å². The van der Waals surface area contributed by atoms with Gasteiger partial charge in [0.2, 0.25) is 0 Å². The molecule has 0 amide bonds. The average Bonchev–Trinajstić information content (AvgIpc) is 2.45. The van der Waals surface area contributed by atoms with E-state index in [9.17, 15) is 10.2 Å². The molecule has 0 aliphatic rings. The van der Waals surface area contributed by atoms with E-state index in [0.717, 1.165) is 20.6 Å². The van der Waals surface area contributed by atoms with Gasteiger partial charge in [0, 0.05) is 9.79 Å². The second kappa shape index (κ2) is 9.08. The van der Waals surface area contributed by atoms with E-state index in [2.05, 4.69) is 30.3 Å². The monoisotopic (exact) mass is 368 g/mol. The molecule has 2 rings (SSSR count). The van der Waals surface area contributed by atoms with Crippen LogP contribution in [-0.4, -0.2) is 33.7 Å². The molecule has 0 heterocycles. The fraction of sp³-hybridized carbons (Fsp3) is 0.444. The third kappa shape index (κ3) is 5.95. The summed E-state index contributed by atoms with van der Waals surface area (Å²) in [5, 5.41) is 20.9. The standard InChI is InChI=1S/C18H24O4S2/c1-11(19)21-13(3)23-16-8-9-17-15(10-16)6-5-7-18(17)24-14(4)22-12(2)20/h5-14,19-20H,1-4H3. The molecular weight excluding hydrogens is 344 g/mol. The Hall–Kier alpha value is -0.760. The Bertz CT molecular complexity index is 661. The van der Waals surface area contributed by atoms with Crippen LogP contribution in [0.5, 0.6) is 0 Å². The van der Waals surface area contributed by atoms with E-state index in [4.69, 9.17) is 9.47 Å². The number of ether oxygens (including phenoxy) is 2. The van der Waals surface area contributed by atoms with Crippen LogP contribution in [0.15, 0.2) is 46.2 Å². The van der Waals surface area contributed by atoms with Crippen molar-refractivity contribution in [2.24, 2.45) is 0 Å². The van der Waals surface area contributed by atoms with Crippen molar-refractivity contribution in [3.63, 3.8) is 0 Å². The maximum atomic E-state index is 9.33. The van der Waals surface area contributed by atoms with E-state index in [1.54, 1.807) is 37.4 Å². The number of aliphatic hydroxyl groups excluding tert-OH is 2. The zero-order chi connectivity index (χ0) is 17.7. The smallest absolute Gasteiger partial charge is 0.153 e. The highest BCUT2D eigenvalue weighted by Gasteiger charge is 2.12. The van der Waals surface area contributed by atoms with Crippen LogP contribution in [0.1, 0.15) is 27.7 Å². The molecule has 24 heavy (non-hydrogen) atoms. The summed E-state index contributed by atoms with van der Waals surface area (Å²) >= 11 is 3.15. The van der Waals surface area contributed by atoms with Crippen LogP contribution in [0, 0.1) is 0 Å². The SMILES string of the molecule is CC(O)OC(C)Sc1ccc2c(SC(C)OC(C)O)cccc2c1. The highest BCUT2D eigenvalue weighted by Crippen LogP contribution is 2.34. The van der Waals surface area contributed by atoms with E-state index < -0.39 is 12.6 Å². The summed E-state index contributed by atoms with van der Waals surface area (Å²) in [5.41, 5.74) is -0.261. The zero-order valence-corrected chi connectivity index (χ0v) is 15.9. The summed E-state index contributed by atoms with van der Waals surface area (Å²) in [6, 6.07) is 12.4. The van der Waals surface area contributed by atoms with Gasteiger partial charge in [-0.3, -0.25) is 0 Å². The maximum absolute atomic E-state index is 9.33. The van der Waals surface area contributed by atoms with Crippen LogP contribution in [-0.2, 0) is 9.47 Å². The first kappa shape index (κ1) is 19.6. The highest BCUT2D eigenvalue weighted by molar-refractivity contribution is 8.00. The van der Waals surface area contributed by atoms with Gasteiger partial charge in [-0.15, -0.1) is 0 Å². The van der Waals surface area contributed by atoms with Crippen LogP contribution in [0.2, 0.25) is 0 Å². The molecule has 0 aliphatic heterocycles. The van der Waals surface area contributed by atoms with E-state index in [1.807, 2.05) is 19.9 Å². The molecule has 4 unspecified atom stereocenters. The molecule has 0 saturated heterocycles. The van der Waals surface area contributed by atoms with Crippen molar-refractivity contribution < 1.29 is 19.7 Å². The van der Waals surface area contributed by atoms with Gasteiger partial charge in [0.15, 0.2) is 12.6 Å². The summed E-state index contributed by atoms with van der Waals surface area (Å²) in [7, 11) is 0. The molecule has 4 nitrogen and oxygen atoms in total. The molecule has 0 aromatic heterocycles. The summed E-state index contributed by atoms with van der Waals surface area (Å²) < 4.78 is 10.7. The van der Waals surface area contributed by atoms with Crippen LogP contribution >= 0.6 is 23.5 Å². The minimum atomic E-state index is -0.777. The summed E-state index contributed by atoms with van der Waals surface area (Å²) in [5.74, 6) is 0.